The van der Waals surface area contributed by atoms with Crippen molar-refractivity contribution in [1.29, 1.82) is 0 Å². The Bertz CT molecular complexity index is 2480. The van der Waals surface area contributed by atoms with Crippen molar-refractivity contribution < 1.29 is 48.8 Å². The van der Waals surface area contributed by atoms with Crippen LogP contribution in [0.2, 0.25) is 0 Å². The zero-order valence-corrected chi connectivity index (χ0v) is 36.0. The summed E-state index contributed by atoms with van der Waals surface area (Å²) in [5.74, 6) is -1.54. The molecule has 314 valence electrons. The maximum absolute atomic E-state index is 12.1. The Kier molecular flexibility index (Phi) is 14.7. The van der Waals surface area contributed by atoms with Gasteiger partial charge in [-0.25, -0.2) is 4.99 Å². The average molecular weight is 878 g/mol. The number of rotatable bonds is 17. The van der Waals surface area contributed by atoms with Crippen molar-refractivity contribution in [3.63, 3.8) is 0 Å². The first-order chi connectivity index (χ1) is 26.8. The largest absolute Gasteiger partial charge is 0.481 e. The number of aryl methyl sites for hydroxylation is 1. The van der Waals surface area contributed by atoms with Crippen LogP contribution >= 0.6 is 11.6 Å². The second-order valence-electron chi connectivity index (χ2n) is 14.9. The summed E-state index contributed by atoms with van der Waals surface area (Å²) < 4.78 is 98.6. The molecule has 0 saturated heterocycles. The summed E-state index contributed by atoms with van der Waals surface area (Å²) in [6.07, 6.45) is 11.2. The number of fused-ring (bicyclic) bond motifs is 1. The number of aliphatic imine (C=N–C) groups is 2. The normalized spacial score (nSPS) is 19.4. The fourth-order valence-corrected chi connectivity index (χ4v) is 8.26. The minimum Gasteiger partial charge on any atom is -0.481 e. The highest BCUT2D eigenvalue weighted by Gasteiger charge is 2.41. The molecule has 2 aliphatic heterocycles. The quantitative estimate of drug-likeness (QED) is 0.0710. The van der Waals surface area contributed by atoms with Crippen molar-refractivity contribution in [2.75, 3.05) is 29.5 Å². The van der Waals surface area contributed by atoms with E-state index in [9.17, 15) is 48.8 Å². The minimum absolute atomic E-state index is 0.0434. The number of carbonyl (C=O) groups is 1. The highest BCUT2D eigenvalue weighted by molar-refractivity contribution is 7.86. The molecule has 0 amide bonds. The van der Waals surface area contributed by atoms with E-state index in [2.05, 4.69) is 4.99 Å². The Morgan fingerprint density at radius 3 is 2.14 bits per heavy atom. The molecule has 4 N–H and O–H groups in total. The summed E-state index contributed by atoms with van der Waals surface area (Å²) in [7, 11) is -13.0. The van der Waals surface area contributed by atoms with Crippen LogP contribution in [-0.2, 0) is 47.0 Å². The third kappa shape index (κ3) is 12.2. The maximum Gasteiger partial charge on any atom is 0.303 e. The number of amidine groups is 1. The molecule has 18 heteroatoms. The van der Waals surface area contributed by atoms with Crippen molar-refractivity contribution in [2.24, 2.45) is 15.4 Å². The Morgan fingerprint density at radius 1 is 0.914 bits per heavy atom. The minimum atomic E-state index is -4.55. The monoisotopic (exact) mass is 877 g/mol. The lowest BCUT2D eigenvalue weighted by atomic mass is 9.80. The molecule has 0 spiro atoms. The topological polar surface area (TPSA) is 228 Å². The molecule has 0 atom stereocenters. The molecule has 0 fully saturated rings. The molecule has 2 heterocycles. The van der Waals surface area contributed by atoms with E-state index in [4.69, 9.17) is 16.6 Å². The van der Waals surface area contributed by atoms with E-state index in [1.807, 2.05) is 81.2 Å². The number of nitrogens with zero attached hydrogens (tertiary/aromatic N) is 3. The van der Waals surface area contributed by atoms with Gasteiger partial charge in [0.15, 0.2) is 5.84 Å². The molecular formula is C40H48ClN3O11S3. The van der Waals surface area contributed by atoms with Gasteiger partial charge in [-0.05, 0) is 84.9 Å². The second kappa shape index (κ2) is 18.4. The van der Waals surface area contributed by atoms with Crippen LogP contribution in [0.25, 0.3) is 5.57 Å². The van der Waals surface area contributed by atoms with Gasteiger partial charge in [-0.15, -0.1) is 0 Å². The number of carboxylic acid groups (broad SMARTS) is 1. The number of hydrogen-bond donors (Lipinski definition) is 4. The first kappa shape index (κ1) is 46.5. The van der Waals surface area contributed by atoms with E-state index in [1.54, 1.807) is 25.1 Å². The third-order valence-electron chi connectivity index (χ3n) is 9.86. The number of benzene rings is 2. The van der Waals surface area contributed by atoms with Crippen molar-refractivity contribution >= 4 is 70.7 Å². The molecule has 0 aromatic heterocycles. The Morgan fingerprint density at radius 2 is 1.55 bits per heavy atom. The molecule has 2 aromatic carbocycles. The van der Waals surface area contributed by atoms with E-state index in [1.165, 1.54) is 12.1 Å². The lowest BCUT2D eigenvalue weighted by Crippen LogP contribution is -2.28. The molecule has 4 rings (SSSR count). The van der Waals surface area contributed by atoms with Crippen LogP contribution in [-0.4, -0.2) is 86.1 Å². The average Bonchev–Trinajstić information content (AvgIpc) is 3.48. The summed E-state index contributed by atoms with van der Waals surface area (Å²) in [5, 5.41) is 9.64. The Labute approximate surface area is 345 Å². The summed E-state index contributed by atoms with van der Waals surface area (Å²) >= 11 is 6.44. The summed E-state index contributed by atoms with van der Waals surface area (Å²) in [6.45, 7) is 9.61. The van der Waals surface area contributed by atoms with Crippen molar-refractivity contribution in [3.8, 4) is 0 Å². The van der Waals surface area contributed by atoms with Crippen LogP contribution in [0.1, 0.15) is 70.6 Å². The van der Waals surface area contributed by atoms with E-state index < -0.39 is 58.7 Å². The van der Waals surface area contributed by atoms with Crippen LogP contribution < -0.4 is 4.90 Å². The zero-order valence-electron chi connectivity index (χ0n) is 32.8. The van der Waals surface area contributed by atoms with E-state index in [0.29, 0.717) is 51.1 Å². The molecule has 2 aromatic rings. The fourth-order valence-electron chi connectivity index (χ4n) is 6.66. The number of anilines is 1. The SMILES string of the molecule is C/C=C(/Cl)C=C1C(=NCCCS(=O)(=O)O)N=C(/C=C/C(=C/C=C2/N(CCCS(=O)(=O)O)c3ccc(S(=O)(=O)O)cc3C2(C)C)c2ccc(CCC(=O)O)cc2)C1(C)C. The fraction of sp³-hybridized carbons (Fsp3) is 0.375. The van der Waals surface area contributed by atoms with Crippen LogP contribution in [0, 0.1) is 5.41 Å². The molecule has 0 saturated carbocycles. The van der Waals surface area contributed by atoms with Gasteiger partial charge in [-0.2, -0.15) is 25.3 Å². The molecule has 0 aliphatic carbocycles. The van der Waals surface area contributed by atoms with Gasteiger partial charge in [0.05, 0.1) is 22.1 Å². The summed E-state index contributed by atoms with van der Waals surface area (Å²) in [5.41, 5.74) is 3.76. The highest BCUT2D eigenvalue weighted by Crippen LogP contribution is 2.48. The van der Waals surface area contributed by atoms with Gasteiger partial charge in [-0.3, -0.25) is 23.4 Å². The maximum atomic E-state index is 12.1. The molecule has 2 aliphatic rings. The lowest BCUT2D eigenvalue weighted by molar-refractivity contribution is -0.136. The van der Waals surface area contributed by atoms with E-state index in [-0.39, 0.29) is 37.2 Å². The molecule has 0 radical (unpaired) electrons. The summed E-state index contributed by atoms with van der Waals surface area (Å²) in [6, 6.07) is 11.6. The van der Waals surface area contributed by atoms with Crippen LogP contribution in [0.3, 0.4) is 0 Å². The number of hydrogen-bond acceptors (Lipinski definition) is 9. The van der Waals surface area contributed by atoms with Crippen LogP contribution in [0.5, 0.6) is 0 Å². The Hall–Kier alpha value is -4.23. The van der Waals surface area contributed by atoms with Gasteiger partial charge in [0.1, 0.15) is 0 Å². The first-order valence-electron chi connectivity index (χ1n) is 18.2. The van der Waals surface area contributed by atoms with Crippen molar-refractivity contribution in [2.45, 2.75) is 70.6 Å². The van der Waals surface area contributed by atoms with Gasteiger partial charge < -0.3 is 10.0 Å². The summed E-state index contributed by atoms with van der Waals surface area (Å²) in [4.78, 5) is 22.1. The van der Waals surface area contributed by atoms with Crippen LogP contribution in [0.15, 0.2) is 110 Å². The number of allylic oxidation sites excluding steroid dienone is 9. The standard InChI is InChI=1S/C40H48ClN3O11S3/c1-6-30(41)25-33-38(42-21-7-23-56(47,48)49)43-35(39(33,2)3)18-14-29(28-12-9-27(10-13-28)11-20-37(45)46)15-19-36-40(4,5)32-26-31(58(53,54)55)16-17-34(32)44(36)22-8-24-57(50,51)52/h6,9-10,12-19,25-26H,7-8,11,20-24H2,1-5H3,(H,45,46)(H,47,48,49)(H,50,51,52)(H,53,54,55)/b18-14+,29-15-,30-6+,33-25?,36-19+,42-38?. The lowest BCUT2D eigenvalue weighted by Gasteiger charge is -2.27. The molecule has 0 bridgehead atoms. The second-order valence-corrected chi connectivity index (χ2v) is 19.9. The molecular weight excluding hydrogens is 830 g/mol. The molecule has 14 nitrogen and oxygen atoms in total. The molecule has 0 unspecified atom stereocenters. The Balaban J connectivity index is 1.87. The number of carboxylic acids is 1. The third-order valence-corrected chi connectivity index (χ3v) is 12.6. The molecule has 58 heavy (non-hydrogen) atoms. The van der Waals surface area contributed by atoms with Gasteiger partial charge >= 0.3 is 5.97 Å². The van der Waals surface area contributed by atoms with E-state index in [0.717, 1.165) is 11.1 Å². The van der Waals surface area contributed by atoms with Gasteiger partial charge in [0.25, 0.3) is 30.4 Å². The van der Waals surface area contributed by atoms with Gasteiger partial charge in [0.2, 0.25) is 0 Å². The zero-order chi connectivity index (χ0) is 43.3. The highest BCUT2D eigenvalue weighted by atomic mass is 35.5. The van der Waals surface area contributed by atoms with Gasteiger partial charge in [-0.1, -0.05) is 81.8 Å². The smallest absolute Gasteiger partial charge is 0.303 e. The van der Waals surface area contributed by atoms with E-state index >= 15 is 0 Å². The predicted molar refractivity (Wildman–Crippen MR) is 228 cm³/mol. The van der Waals surface area contributed by atoms with Crippen molar-refractivity contribution in [3.05, 3.63) is 112 Å². The van der Waals surface area contributed by atoms with Gasteiger partial charge in [0, 0.05) is 52.3 Å². The number of halogens is 1. The van der Waals surface area contributed by atoms with Crippen LogP contribution in [0.4, 0.5) is 5.69 Å². The predicted octanol–water partition coefficient (Wildman–Crippen LogP) is 7.08. The number of aliphatic carboxylic acids is 1. The van der Waals surface area contributed by atoms with Crippen molar-refractivity contribution in [1.82, 2.24) is 0 Å². The first-order valence-corrected chi connectivity index (χ1v) is 23.3.